The smallest absolute Gasteiger partial charge is 0.194 e. The lowest BCUT2D eigenvalue weighted by Gasteiger charge is -1.96. The zero-order valence-electron chi connectivity index (χ0n) is 7.07. The molecule has 0 aliphatic heterocycles. The Kier molecular flexibility index (Phi) is 3.19. The van der Waals surface area contributed by atoms with Crippen molar-refractivity contribution in [2.24, 2.45) is 10.7 Å². The molecule has 4 nitrogen and oxygen atoms in total. The van der Waals surface area contributed by atoms with E-state index in [4.69, 9.17) is 5.73 Å². The molecule has 0 aliphatic rings. The van der Waals surface area contributed by atoms with Crippen molar-refractivity contribution in [2.45, 2.75) is 13.3 Å². The van der Waals surface area contributed by atoms with Gasteiger partial charge in [-0.2, -0.15) is 0 Å². The molecule has 0 unspecified atom stereocenters. The first kappa shape index (κ1) is 8.64. The number of aromatic nitrogens is 2. The molecule has 0 saturated carbocycles. The van der Waals surface area contributed by atoms with Gasteiger partial charge in [0.15, 0.2) is 11.7 Å². The maximum atomic E-state index is 5.61. The fraction of sp³-hybridized carbons (Fsp3) is 0.375. The first-order valence-electron chi connectivity index (χ1n) is 3.92. The Hall–Kier alpha value is -1.45. The van der Waals surface area contributed by atoms with Crippen LogP contribution in [0.15, 0.2) is 23.5 Å². The van der Waals surface area contributed by atoms with Crippen LogP contribution in [0.25, 0.3) is 0 Å². The molecule has 64 valence electrons. The van der Waals surface area contributed by atoms with Crippen LogP contribution in [-0.4, -0.2) is 22.3 Å². The third kappa shape index (κ3) is 2.30. The van der Waals surface area contributed by atoms with Gasteiger partial charge >= 0.3 is 0 Å². The van der Waals surface area contributed by atoms with Crippen LogP contribution in [0.1, 0.15) is 19.2 Å². The Morgan fingerprint density at radius 2 is 2.17 bits per heavy atom. The topological polar surface area (TPSA) is 64.2 Å². The molecule has 1 aromatic rings. The number of aliphatic imine (C=N–C) groups is 1. The van der Waals surface area contributed by atoms with Crippen LogP contribution < -0.4 is 5.73 Å². The SMILES string of the molecule is CCCN=C(N)c1ncccn1. The molecule has 0 saturated heterocycles. The van der Waals surface area contributed by atoms with Crippen LogP contribution in [0.4, 0.5) is 0 Å². The highest BCUT2D eigenvalue weighted by Gasteiger charge is 1.97. The molecule has 0 radical (unpaired) electrons. The van der Waals surface area contributed by atoms with E-state index in [1.54, 1.807) is 18.5 Å². The van der Waals surface area contributed by atoms with E-state index in [1.165, 1.54) is 0 Å². The molecule has 4 heteroatoms. The molecule has 0 amide bonds. The molecule has 1 heterocycles. The first-order chi connectivity index (χ1) is 5.84. The normalized spacial score (nSPS) is 11.6. The standard InChI is InChI=1S/C8H12N4/c1-2-4-10-7(9)8-11-5-3-6-12-8/h3,5-6H,2,4H2,1H3,(H2,9,10). The number of hydrogen-bond acceptors (Lipinski definition) is 3. The van der Waals surface area contributed by atoms with Crippen LogP contribution in [-0.2, 0) is 0 Å². The number of hydrogen-bond donors (Lipinski definition) is 1. The van der Waals surface area contributed by atoms with Gasteiger partial charge in [-0.25, -0.2) is 9.97 Å². The van der Waals surface area contributed by atoms with E-state index in [1.807, 2.05) is 6.92 Å². The molecule has 0 spiro atoms. The summed E-state index contributed by atoms with van der Waals surface area (Å²) >= 11 is 0. The largest absolute Gasteiger partial charge is 0.381 e. The van der Waals surface area contributed by atoms with Crippen LogP contribution in [0.2, 0.25) is 0 Å². The van der Waals surface area contributed by atoms with Crippen LogP contribution >= 0.6 is 0 Å². The van der Waals surface area contributed by atoms with Crippen LogP contribution in [0, 0.1) is 0 Å². The summed E-state index contributed by atoms with van der Waals surface area (Å²) in [4.78, 5) is 12.0. The van der Waals surface area contributed by atoms with Crippen LogP contribution in [0.3, 0.4) is 0 Å². The minimum absolute atomic E-state index is 0.414. The maximum Gasteiger partial charge on any atom is 0.194 e. The predicted molar refractivity (Wildman–Crippen MR) is 47.9 cm³/mol. The lowest BCUT2D eigenvalue weighted by atomic mass is 10.4. The van der Waals surface area contributed by atoms with Crippen molar-refractivity contribution < 1.29 is 0 Å². The molecule has 0 bridgehead atoms. The highest BCUT2D eigenvalue weighted by atomic mass is 15.0. The van der Waals surface area contributed by atoms with Crippen molar-refractivity contribution in [3.8, 4) is 0 Å². The van der Waals surface area contributed by atoms with Gasteiger partial charge in [-0.3, -0.25) is 4.99 Å². The van der Waals surface area contributed by atoms with E-state index in [9.17, 15) is 0 Å². The van der Waals surface area contributed by atoms with Crippen LogP contribution in [0.5, 0.6) is 0 Å². The monoisotopic (exact) mass is 164 g/mol. The number of amidine groups is 1. The van der Waals surface area contributed by atoms with Gasteiger partial charge in [0.2, 0.25) is 0 Å². The summed E-state index contributed by atoms with van der Waals surface area (Å²) in [7, 11) is 0. The highest BCUT2D eigenvalue weighted by Crippen LogP contribution is 1.87. The van der Waals surface area contributed by atoms with E-state index >= 15 is 0 Å². The van der Waals surface area contributed by atoms with Crippen molar-refractivity contribution in [3.05, 3.63) is 24.3 Å². The molecule has 0 aliphatic carbocycles. The van der Waals surface area contributed by atoms with E-state index in [2.05, 4.69) is 15.0 Å². The summed E-state index contributed by atoms with van der Waals surface area (Å²) in [6.07, 6.45) is 4.28. The van der Waals surface area contributed by atoms with Crippen molar-refractivity contribution in [1.82, 2.24) is 9.97 Å². The van der Waals surface area contributed by atoms with Gasteiger partial charge in [0.25, 0.3) is 0 Å². The average Bonchev–Trinajstić information content (AvgIpc) is 2.15. The summed E-state index contributed by atoms with van der Waals surface area (Å²) in [5.74, 6) is 0.920. The van der Waals surface area contributed by atoms with Gasteiger partial charge in [-0.05, 0) is 12.5 Å². The summed E-state index contributed by atoms with van der Waals surface area (Å²) in [6, 6.07) is 1.75. The Morgan fingerprint density at radius 3 is 2.75 bits per heavy atom. The van der Waals surface area contributed by atoms with Gasteiger partial charge in [-0.15, -0.1) is 0 Å². The van der Waals surface area contributed by atoms with Gasteiger partial charge < -0.3 is 5.73 Å². The second kappa shape index (κ2) is 4.43. The maximum absolute atomic E-state index is 5.61. The molecular formula is C8H12N4. The van der Waals surface area contributed by atoms with Crippen molar-refractivity contribution in [1.29, 1.82) is 0 Å². The van der Waals surface area contributed by atoms with Gasteiger partial charge in [0, 0.05) is 18.9 Å². The lowest BCUT2D eigenvalue weighted by Crippen LogP contribution is -2.17. The van der Waals surface area contributed by atoms with E-state index < -0.39 is 0 Å². The fourth-order valence-electron chi connectivity index (χ4n) is 0.734. The molecule has 2 N–H and O–H groups in total. The zero-order chi connectivity index (χ0) is 8.81. The van der Waals surface area contributed by atoms with E-state index in [0.29, 0.717) is 11.7 Å². The second-order valence-corrected chi connectivity index (χ2v) is 2.34. The van der Waals surface area contributed by atoms with Gasteiger partial charge in [0.05, 0.1) is 0 Å². The van der Waals surface area contributed by atoms with Gasteiger partial charge in [-0.1, -0.05) is 6.92 Å². The number of nitrogens with zero attached hydrogens (tertiary/aromatic N) is 3. The molecule has 0 atom stereocenters. The molecule has 1 aromatic heterocycles. The first-order valence-corrected chi connectivity index (χ1v) is 3.92. The lowest BCUT2D eigenvalue weighted by molar-refractivity contribution is 0.926. The predicted octanol–water partition coefficient (Wildman–Crippen LogP) is 0.592. The molecule has 0 fully saturated rings. The molecule has 12 heavy (non-hydrogen) atoms. The quantitative estimate of drug-likeness (QED) is 0.525. The van der Waals surface area contributed by atoms with E-state index in [-0.39, 0.29) is 0 Å². The Morgan fingerprint density at radius 1 is 1.50 bits per heavy atom. The van der Waals surface area contributed by atoms with E-state index in [0.717, 1.165) is 13.0 Å². The Bertz CT molecular complexity index is 255. The van der Waals surface area contributed by atoms with Crippen molar-refractivity contribution >= 4 is 5.84 Å². The highest BCUT2D eigenvalue weighted by molar-refractivity contribution is 5.93. The third-order valence-electron chi connectivity index (χ3n) is 1.30. The second-order valence-electron chi connectivity index (χ2n) is 2.34. The van der Waals surface area contributed by atoms with Gasteiger partial charge in [0.1, 0.15) is 0 Å². The number of rotatable bonds is 3. The third-order valence-corrected chi connectivity index (χ3v) is 1.30. The zero-order valence-corrected chi connectivity index (χ0v) is 7.07. The minimum Gasteiger partial charge on any atom is -0.381 e. The summed E-state index contributed by atoms with van der Waals surface area (Å²) in [6.45, 7) is 2.77. The molecule has 1 rings (SSSR count). The summed E-state index contributed by atoms with van der Waals surface area (Å²) in [5.41, 5.74) is 5.61. The minimum atomic E-state index is 0.414. The number of nitrogens with two attached hydrogens (primary N) is 1. The summed E-state index contributed by atoms with van der Waals surface area (Å²) in [5, 5.41) is 0. The Balaban J connectivity index is 2.71. The summed E-state index contributed by atoms with van der Waals surface area (Å²) < 4.78 is 0. The van der Waals surface area contributed by atoms with Crippen molar-refractivity contribution in [3.63, 3.8) is 0 Å². The Labute approximate surface area is 71.6 Å². The van der Waals surface area contributed by atoms with Crippen molar-refractivity contribution in [2.75, 3.05) is 6.54 Å². The average molecular weight is 164 g/mol. The fourth-order valence-corrected chi connectivity index (χ4v) is 0.734. The molecular weight excluding hydrogens is 152 g/mol. The molecule has 0 aromatic carbocycles.